The summed E-state index contributed by atoms with van der Waals surface area (Å²) in [5, 5.41) is 11.0. The first kappa shape index (κ1) is 18.2. The van der Waals surface area contributed by atoms with Gasteiger partial charge in [-0.15, -0.1) is 0 Å². The Balaban J connectivity index is 1.54. The van der Waals surface area contributed by atoms with Gasteiger partial charge in [0.2, 0.25) is 5.91 Å². The smallest absolute Gasteiger partial charge is 0.233 e. The van der Waals surface area contributed by atoms with E-state index in [9.17, 15) is 14.3 Å². The van der Waals surface area contributed by atoms with Crippen LogP contribution in [0, 0.1) is 11.2 Å². The summed E-state index contributed by atoms with van der Waals surface area (Å²) in [5.41, 5.74) is 0.206. The molecule has 0 radical (unpaired) electrons. The summed E-state index contributed by atoms with van der Waals surface area (Å²) in [5.74, 6) is -0.181. The second-order valence-corrected chi connectivity index (χ2v) is 8.66. The van der Waals surface area contributed by atoms with Crippen LogP contribution in [0.3, 0.4) is 0 Å². The molecule has 4 heteroatoms. The van der Waals surface area contributed by atoms with Gasteiger partial charge in [0.25, 0.3) is 0 Å². The quantitative estimate of drug-likeness (QED) is 0.891. The fourth-order valence-corrected chi connectivity index (χ4v) is 4.72. The van der Waals surface area contributed by atoms with Crippen LogP contribution in [-0.4, -0.2) is 29.0 Å². The van der Waals surface area contributed by atoms with Gasteiger partial charge in [0, 0.05) is 13.1 Å². The van der Waals surface area contributed by atoms with Gasteiger partial charge in [-0.05, 0) is 47.9 Å². The second-order valence-electron chi connectivity index (χ2n) is 8.66. The molecule has 2 fully saturated rings. The standard InChI is InChI=1S/C23H26FNO2/c1-21(2)16-23(21,18-8-10-19(24)11-9-18)20(26)25-14-12-22(27,13-15-25)17-6-4-3-5-7-17/h3-11,27H,12-16H2,1-2H3/t23-/m1/s1. The number of nitrogens with zero attached hydrogens (tertiary/aromatic N) is 1. The van der Waals surface area contributed by atoms with E-state index in [0.29, 0.717) is 25.9 Å². The lowest BCUT2D eigenvalue weighted by Crippen LogP contribution is -2.49. The Labute approximate surface area is 159 Å². The van der Waals surface area contributed by atoms with E-state index >= 15 is 0 Å². The zero-order chi connectivity index (χ0) is 19.3. The molecule has 3 nitrogen and oxygen atoms in total. The lowest BCUT2D eigenvalue weighted by molar-refractivity contribution is -0.139. The molecular formula is C23H26FNO2. The highest BCUT2D eigenvalue weighted by Gasteiger charge is 2.68. The molecule has 1 heterocycles. The normalized spacial score (nSPS) is 25.9. The van der Waals surface area contributed by atoms with Gasteiger partial charge < -0.3 is 10.0 Å². The summed E-state index contributed by atoms with van der Waals surface area (Å²) in [4.78, 5) is 15.4. The number of carbonyl (C=O) groups is 1. The minimum atomic E-state index is -0.875. The van der Waals surface area contributed by atoms with Crippen molar-refractivity contribution in [2.24, 2.45) is 5.41 Å². The van der Waals surface area contributed by atoms with E-state index in [1.165, 1.54) is 12.1 Å². The van der Waals surface area contributed by atoms with Gasteiger partial charge in [-0.2, -0.15) is 0 Å². The number of aliphatic hydroxyl groups is 1. The number of likely N-dealkylation sites (tertiary alicyclic amines) is 1. The number of amides is 1. The third-order valence-corrected chi connectivity index (χ3v) is 6.63. The largest absolute Gasteiger partial charge is 0.385 e. The Bertz CT molecular complexity index is 838. The molecule has 0 aromatic heterocycles. The Kier molecular flexibility index (Phi) is 4.15. The monoisotopic (exact) mass is 367 g/mol. The lowest BCUT2D eigenvalue weighted by atomic mass is 9.82. The van der Waals surface area contributed by atoms with Gasteiger partial charge in [0.05, 0.1) is 11.0 Å². The number of halogens is 1. The second kappa shape index (κ2) is 6.16. The maximum Gasteiger partial charge on any atom is 0.233 e. The third kappa shape index (κ3) is 2.87. The Morgan fingerprint density at radius 2 is 1.52 bits per heavy atom. The average Bonchev–Trinajstić information content (AvgIpc) is 3.26. The van der Waals surface area contributed by atoms with Gasteiger partial charge in [-0.3, -0.25) is 4.79 Å². The van der Waals surface area contributed by atoms with Crippen LogP contribution in [-0.2, 0) is 15.8 Å². The summed E-state index contributed by atoms with van der Waals surface area (Å²) in [6.45, 7) is 5.25. The number of carbonyl (C=O) groups excluding carboxylic acids is 1. The minimum absolute atomic E-state index is 0.106. The first-order valence-corrected chi connectivity index (χ1v) is 9.62. The molecule has 1 saturated heterocycles. The van der Waals surface area contributed by atoms with Crippen molar-refractivity contribution in [1.29, 1.82) is 0 Å². The lowest BCUT2D eigenvalue weighted by Gasteiger charge is -2.40. The predicted molar refractivity (Wildman–Crippen MR) is 103 cm³/mol. The van der Waals surface area contributed by atoms with Crippen molar-refractivity contribution < 1.29 is 14.3 Å². The van der Waals surface area contributed by atoms with Gasteiger partial charge in [0.15, 0.2) is 0 Å². The predicted octanol–water partition coefficient (Wildman–Crippen LogP) is 4.00. The molecule has 2 aromatic rings. The van der Waals surface area contributed by atoms with Crippen LogP contribution in [0.15, 0.2) is 54.6 Å². The Morgan fingerprint density at radius 3 is 2.04 bits per heavy atom. The van der Waals surface area contributed by atoms with Crippen LogP contribution < -0.4 is 0 Å². The maximum atomic E-state index is 13.5. The van der Waals surface area contributed by atoms with Crippen LogP contribution in [0.1, 0.15) is 44.2 Å². The fraction of sp³-hybridized carbons (Fsp3) is 0.435. The minimum Gasteiger partial charge on any atom is -0.385 e. The van der Waals surface area contributed by atoms with E-state index < -0.39 is 11.0 Å². The van der Waals surface area contributed by atoms with Crippen molar-refractivity contribution in [1.82, 2.24) is 4.90 Å². The molecule has 4 rings (SSSR count). The summed E-state index contributed by atoms with van der Waals surface area (Å²) in [6, 6.07) is 16.0. The zero-order valence-corrected chi connectivity index (χ0v) is 15.9. The summed E-state index contributed by atoms with van der Waals surface area (Å²) < 4.78 is 13.4. The topological polar surface area (TPSA) is 40.5 Å². The van der Waals surface area contributed by atoms with E-state index in [1.54, 1.807) is 12.1 Å². The van der Waals surface area contributed by atoms with Gasteiger partial charge in [0.1, 0.15) is 5.82 Å². The molecule has 2 aromatic carbocycles. The van der Waals surface area contributed by atoms with E-state index in [2.05, 4.69) is 13.8 Å². The highest BCUT2D eigenvalue weighted by molar-refractivity contribution is 5.93. The van der Waals surface area contributed by atoms with Gasteiger partial charge in [-0.25, -0.2) is 4.39 Å². The van der Waals surface area contributed by atoms with E-state index in [0.717, 1.165) is 17.5 Å². The number of hydrogen-bond acceptors (Lipinski definition) is 2. The van der Waals surface area contributed by atoms with Gasteiger partial charge in [-0.1, -0.05) is 56.3 Å². The maximum absolute atomic E-state index is 13.5. The zero-order valence-electron chi connectivity index (χ0n) is 15.9. The van der Waals surface area contributed by atoms with E-state index in [-0.39, 0.29) is 17.1 Å². The van der Waals surface area contributed by atoms with E-state index in [1.807, 2.05) is 35.2 Å². The van der Waals surface area contributed by atoms with Crippen molar-refractivity contribution in [3.63, 3.8) is 0 Å². The van der Waals surface area contributed by atoms with Crippen LogP contribution >= 0.6 is 0 Å². The van der Waals surface area contributed by atoms with Crippen molar-refractivity contribution in [3.05, 3.63) is 71.5 Å². The molecule has 1 atom stereocenters. The molecule has 0 spiro atoms. The molecule has 1 saturated carbocycles. The molecule has 1 aliphatic carbocycles. The summed E-state index contributed by atoms with van der Waals surface area (Å²) in [7, 11) is 0. The highest BCUT2D eigenvalue weighted by atomic mass is 19.1. The molecule has 27 heavy (non-hydrogen) atoms. The van der Waals surface area contributed by atoms with Crippen molar-refractivity contribution >= 4 is 5.91 Å². The van der Waals surface area contributed by atoms with Crippen LogP contribution in [0.4, 0.5) is 4.39 Å². The molecule has 0 bridgehead atoms. The van der Waals surface area contributed by atoms with Crippen LogP contribution in [0.5, 0.6) is 0 Å². The van der Waals surface area contributed by atoms with Crippen molar-refractivity contribution in [2.75, 3.05) is 13.1 Å². The first-order chi connectivity index (χ1) is 12.8. The van der Waals surface area contributed by atoms with Crippen LogP contribution in [0.2, 0.25) is 0 Å². The molecule has 1 N–H and O–H groups in total. The number of benzene rings is 2. The molecule has 0 unspecified atom stereocenters. The Morgan fingerprint density at radius 1 is 0.963 bits per heavy atom. The SMILES string of the molecule is CC1(C)C[C@]1(C(=O)N1CCC(O)(c2ccccc2)CC1)c1ccc(F)cc1. The Hall–Kier alpha value is -2.20. The van der Waals surface area contributed by atoms with Crippen molar-refractivity contribution in [3.8, 4) is 0 Å². The molecule has 1 aliphatic heterocycles. The number of piperidine rings is 1. The molecule has 2 aliphatic rings. The van der Waals surface area contributed by atoms with Crippen LogP contribution in [0.25, 0.3) is 0 Å². The average molecular weight is 367 g/mol. The summed E-state index contributed by atoms with van der Waals surface area (Å²) >= 11 is 0. The van der Waals surface area contributed by atoms with Gasteiger partial charge >= 0.3 is 0 Å². The number of hydrogen-bond donors (Lipinski definition) is 1. The summed E-state index contributed by atoms with van der Waals surface area (Å²) in [6.07, 6.45) is 1.83. The molecule has 142 valence electrons. The fourth-order valence-electron chi connectivity index (χ4n) is 4.72. The molecular weight excluding hydrogens is 341 g/mol. The van der Waals surface area contributed by atoms with Crippen molar-refractivity contribution in [2.45, 2.75) is 44.1 Å². The first-order valence-electron chi connectivity index (χ1n) is 9.62. The number of rotatable bonds is 3. The van der Waals surface area contributed by atoms with E-state index in [4.69, 9.17) is 0 Å². The highest BCUT2D eigenvalue weighted by Crippen LogP contribution is 2.65. The molecule has 1 amide bonds. The third-order valence-electron chi connectivity index (χ3n) is 6.63.